The van der Waals surface area contributed by atoms with Gasteiger partial charge in [-0.1, -0.05) is 17.7 Å². The molecule has 5 heteroatoms. The highest BCUT2D eigenvalue weighted by molar-refractivity contribution is 7.94. The molecule has 1 aromatic carbocycles. The molecule has 2 N–H and O–H groups in total. The number of aryl methyl sites for hydroxylation is 1. The molecule has 126 valence electrons. The first-order chi connectivity index (χ1) is 10.4. The van der Waals surface area contributed by atoms with E-state index in [1.165, 1.54) is 35.3 Å². The van der Waals surface area contributed by atoms with E-state index >= 15 is 0 Å². The Kier molecular flexibility index (Phi) is 11.9. The molecular weight excluding hydrogens is 298 g/mol. The molecule has 0 amide bonds. The van der Waals surface area contributed by atoms with Crippen LogP contribution in [0.2, 0.25) is 0 Å². The summed E-state index contributed by atoms with van der Waals surface area (Å²) in [6.45, 7) is 10.4. The number of unbranched alkanes of at least 4 members (excludes halogenated alkanes) is 2. The van der Waals surface area contributed by atoms with Crippen molar-refractivity contribution < 1.29 is 14.1 Å². The topological polar surface area (TPSA) is 58.6 Å². The van der Waals surface area contributed by atoms with E-state index in [1.54, 1.807) is 0 Å². The molecule has 1 rings (SSSR count). The Morgan fingerprint density at radius 2 is 1.77 bits per heavy atom. The highest BCUT2D eigenvalue weighted by atomic mass is 32.2. The average molecular weight is 327 g/mol. The highest BCUT2D eigenvalue weighted by Gasteiger charge is 2.06. The second-order valence-electron chi connectivity index (χ2n) is 6.06. The van der Waals surface area contributed by atoms with Crippen LogP contribution in [-0.4, -0.2) is 30.3 Å². The molecule has 0 heterocycles. The molecule has 0 aromatic heterocycles. The Labute approximate surface area is 138 Å². The number of hydrogen-bond donors (Lipinski definition) is 2. The normalized spacial score (nSPS) is 10.7. The third kappa shape index (κ3) is 13.9. The van der Waals surface area contributed by atoms with Crippen LogP contribution >= 0.6 is 12.0 Å². The summed E-state index contributed by atoms with van der Waals surface area (Å²) >= 11 is 1.48. The molecule has 0 saturated carbocycles. The zero-order valence-corrected chi connectivity index (χ0v) is 14.9. The molecule has 0 unspecified atom stereocenters. The van der Waals surface area contributed by atoms with Gasteiger partial charge in [-0.15, -0.1) is 0 Å². The lowest BCUT2D eigenvalue weighted by atomic mass is 10.1. The summed E-state index contributed by atoms with van der Waals surface area (Å²) in [5, 5.41) is 10.4. The van der Waals surface area contributed by atoms with Gasteiger partial charge in [0.1, 0.15) is 0 Å². The summed E-state index contributed by atoms with van der Waals surface area (Å²) in [6, 6.07) is 8.44. The van der Waals surface area contributed by atoms with Crippen LogP contribution in [0, 0.1) is 6.92 Å². The van der Waals surface area contributed by atoms with Crippen LogP contribution in [0.1, 0.15) is 45.6 Å². The van der Waals surface area contributed by atoms with Crippen LogP contribution in [0.5, 0.6) is 0 Å². The van der Waals surface area contributed by atoms with Crippen LogP contribution in [0.25, 0.3) is 0 Å². The Morgan fingerprint density at radius 1 is 1.18 bits per heavy atom. The molecule has 4 nitrogen and oxygen atoms in total. The van der Waals surface area contributed by atoms with E-state index in [-0.39, 0.29) is 12.0 Å². The molecule has 0 bridgehead atoms. The van der Waals surface area contributed by atoms with Crippen LogP contribution < -0.4 is 5.32 Å². The predicted molar refractivity (Wildman–Crippen MR) is 93.3 cm³/mol. The van der Waals surface area contributed by atoms with Crippen molar-refractivity contribution >= 4 is 18.5 Å². The number of rotatable bonds is 8. The predicted octanol–water partition coefficient (Wildman–Crippen LogP) is 4.28. The van der Waals surface area contributed by atoms with Gasteiger partial charge in [0, 0.05) is 22.5 Å². The maximum Gasteiger partial charge on any atom is 0.290 e. The van der Waals surface area contributed by atoms with E-state index in [1.807, 2.05) is 0 Å². The fraction of sp³-hybridized carbons (Fsp3) is 0.588. The van der Waals surface area contributed by atoms with E-state index < -0.39 is 0 Å². The van der Waals surface area contributed by atoms with E-state index in [4.69, 9.17) is 14.1 Å². The van der Waals surface area contributed by atoms with Gasteiger partial charge in [0.25, 0.3) is 6.47 Å². The molecule has 1 aromatic rings. The standard InChI is InChI=1S/C16H27NOS.CH2O2/c1-14-8-10-15(11-9-14)19-18-13-7-5-6-12-17-16(2,3)4;2-1-3/h8-11,17H,5-7,12-13H2,1-4H3;1H,(H,2,3). The zero-order chi connectivity index (χ0) is 16.8. The third-order valence-electron chi connectivity index (χ3n) is 2.74. The summed E-state index contributed by atoms with van der Waals surface area (Å²) in [5.41, 5.74) is 1.52. The van der Waals surface area contributed by atoms with Crippen molar-refractivity contribution in [3.05, 3.63) is 29.8 Å². The summed E-state index contributed by atoms with van der Waals surface area (Å²) in [4.78, 5) is 9.54. The van der Waals surface area contributed by atoms with Gasteiger partial charge in [0.05, 0.1) is 6.61 Å². The molecule has 0 atom stereocenters. The summed E-state index contributed by atoms with van der Waals surface area (Å²) < 4.78 is 5.60. The minimum atomic E-state index is -0.250. The fourth-order valence-electron chi connectivity index (χ4n) is 1.63. The highest BCUT2D eigenvalue weighted by Crippen LogP contribution is 2.19. The lowest BCUT2D eigenvalue weighted by Crippen LogP contribution is -2.36. The molecule has 0 spiro atoms. The first-order valence-electron chi connectivity index (χ1n) is 7.58. The van der Waals surface area contributed by atoms with Crippen molar-refractivity contribution in [2.75, 3.05) is 13.2 Å². The van der Waals surface area contributed by atoms with Crippen LogP contribution in [0.15, 0.2) is 29.2 Å². The number of carbonyl (C=O) groups is 1. The SMILES string of the molecule is Cc1ccc(SOCCCCCNC(C)(C)C)cc1.O=CO. The van der Waals surface area contributed by atoms with Gasteiger partial charge in [0.2, 0.25) is 0 Å². The van der Waals surface area contributed by atoms with Crippen LogP contribution in [0.4, 0.5) is 0 Å². The van der Waals surface area contributed by atoms with Crippen molar-refractivity contribution in [2.45, 2.75) is 57.4 Å². The van der Waals surface area contributed by atoms with Crippen LogP contribution in [0.3, 0.4) is 0 Å². The Balaban J connectivity index is 0.00000135. The Hall–Kier alpha value is -1.04. The van der Waals surface area contributed by atoms with E-state index in [0.717, 1.165) is 19.6 Å². The van der Waals surface area contributed by atoms with Gasteiger partial charge >= 0.3 is 0 Å². The first-order valence-corrected chi connectivity index (χ1v) is 8.32. The van der Waals surface area contributed by atoms with Crippen molar-refractivity contribution in [3.63, 3.8) is 0 Å². The molecule has 0 aliphatic carbocycles. The molecular formula is C17H29NO3S. The molecule has 22 heavy (non-hydrogen) atoms. The van der Waals surface area contributed by atoms with Gasteiger partial charge in [-0.25, -0.2) is 0 Å². The summed E-state index contributed by atoms with van der Waals surface area (Å²) in [7, 11) is 0. The summed E-state index contributed by atoms with van der Waals surface area (Å²) in [6.07, 6.45) is 3.57. The van der Waals surface area contributed by atoms with Gasteiger partial charge in [-0.2, -0.15) is 0 Å². The van der Waals surface area contributed by atoms with Crippen molar-refractivity contribution in [3.8, 4) is 0 Å². The van der Waals surface area contributed by atoms with Crippen LogP contribution in [-0.2, 0) is 8.98 Å². The minimum absolute atomic E-state index is 0.234. The number of hydrogen-bond acceptors (Lipinski definition) is 4. The minimum Gasteiger partial charge on any atom is -0.483 e. The number of benzene rings is 1. The molecule has 0 fully saturated rings. The van der Waals surface area contributed by atoms with E-state index in [0.29, 0.717) is 0 Å². The molecule has 0 saturated heterocycles. The molecule has 0 aliphatic heterocycles. The van der Waals surface area contributed by atoms with E-state index in [9.17, 15) is 0 Å². The summed E-state index contributed by atoms with van der Waals surface area (Å²) in [5.74, 6) is 0. The third-order valence-corrected chi connectivity index (χ3v) is 3.49. The van der Waals surface area contributed by atoms with Crippen molar-refractivity contribution in [2.24, 2.45) is 0 Å². The number of carboxylic acid groups (broad SMARTS) is 1. The van der Waals surface area contributed by atoms with Gasteiger partial charge < -0.3 is 14.6 Å². The number of nitrogens with one attached hydrogen (secondary N) is 1. The first kappa shape index (κ1) is 21.0. The van der Waals surface area contributed by atoms with Crippen molar-refractivity contribution in [1.29, 1.82) is 0 Å². The van der Waals surface area contributed by atoms with Gasteiger partial charge in [-0.05, 0) is 65.6 Å². The van der Waals surface area contributed by atoms with Gasteiger partial charge in [-0.3, -0.25) is 4.79 Å². The largest absolute Gasteiger partial charge is 0.483 e. The Morgan fingerprint density at radius 3 is 2.32 bits per heavy atom. The Bertz CT molecular complexity index is 388. The molecule has 0 radical (unpaired) electrons. The van der Waals surface area contributed by atoms with Crippen molar-refractivity contribution in [1.82, 2.24) is 5.32 Å². The second-order valence-corrected chi connectivity index (χ2v) is 6.93. The zero-order valence-electron chi connectivity index (χ0n) is 14.1. The lowest BCUT2D eigenvalue weighted by molar-refractivity contribution is -0.122. The van der Waals surface area contributed by atoms with Gasteiger partial charge in [0.15, 0.2) is 0 Å². The fourth-order valence-corrected chi connectivity index (χ4v) is 2.21. The average Bonchev–Trinajstić information content (AvgIpc) is 2.43. The molecule has 0 aliphatic rings. The monoisotopic (exact) mass is 327 g/mol. The quantitative estimate of drug-likeness (QED) is 0.424. The lowest BCUT2D eigenvalue weighted by Gasteiger charge is -2.20. The smallest absolute Gasteiger partial charge is 0.290 e. The maximum atomic E-state index is 8.36. The van der Waals surface area contributed by atoms with E-state index in [2.05, 4.69) is 57.3 Å². The second kappa shape index (κ2) is 12.5. The maximum absolute atomic E-state index is 8.36.